The lowest BCUT2D eigenvalue weighted by molar-refractivity contribution is -0.156. The van der Waals surface area contributed by atoms with Gasteiger partial charge in [-0.3, -0.25) is 4.90 Å². The first kappa shape index (κ1) is 16.8. The molecule has 4 heterocycles. The molecule has 1 saturated carbocycles. The summed E-state index contributed by atoms with van der Waals surface area (Å²) in [6.07, 6.45) is 12.2. The monoisotopic (exact) mass is 365 g/mol. The summed E-state index contributed by atoms with van der Waals surface area (Å²) in [5, 5.41) is 6.97. The first-order valence-electron chi connectivity index (χ1n) is 9.93. The smallest absolute Gasteiger partial charge is 0.149 e. The third-order valence-electron chi connectivity index (χ3n) is 6.14. The number of nitrogen functional groups attached to an aromatic ring is 1. The first-order valence-corrected chi connectivity index (χ1v) is 9.93. The van der Waals surface area contributed by atoms with E-state index in [4.69, 9.17) is 10.7 Å². The largest absolute Gasteiger partial charge is 0.384 e. The summed E-state index contributed by atoms with van der Waals surface area (Å²) in [5.74, 6) is 1.53. The van der Waals surface area contributed by atoms with E-state index in [2.05, 4.69) is 50.3 Å². The molecule has 7 heteroatoms. The van der Waals surface area contributed by atoms with Crippen molar-refractivity contribution in [1.29, 1.82) is 0 Å². The van der Waals surface area contributed by atoms with Crippen molar-refractivity contribution in [2.24, 2.45) is 4.99 Å². The van der Waals surface area contributed by atoms with Crippen LogP contribution in [0.3, 0.4) is 0 Å². The Morgan fingerprint density at radius 3 is 2.67 bits per heavy atom. The second-order valence-electron chi connectivity index (χ2n) is 7.78. The quantitative estimate of drug-likeness (QED) is 0.886. The standard InChI is InChI=1S/C20H27N7/c1-15-20(16-7-8-22-18(21)14-16)27-19(23-15)6-3-9-26(27)25-12-10-24(11-13-25)17-4-2-5-17/h3,6-9,14,17,20H,2,4-5,10-13H2,1H3,(H2,21,22). The van der Waals surface area contributed by atoms with Gasteiger partial charge in [0.15, 0.2) is 0 Å². The van der Waals surface area contributed by atoms with Gasteiger partial charge in [0.05, 0.1) is 0 Å². The van der Waals surface area contributed by atoms with Crippen LogP contribution in [0.5, 0.6) is 0 Å². The number of hydrogen-bond acceptors (Lipinski definition) is 7. The summed E-state index contributed by atoms with van der Waals surface area (Å²) in [7, 11) is 0. The molecule has 1 saturated heterocycles. The number of piperazine rings is 1. The van der Waals surface area contributed by atoms with Gasteiger partial charge in [0.1, 0.15) is 17.7 Å². The number of rotatable bonds is 3. The highest BCUT2D eigenvalue weighted by Crippen LogP contribution is 2.37. The van der Waals surface area contributed by atoms with Gasteiger partial charge in [-0.05, 0) is 49.6 Å². The van der Waals surface area contributed by atoms with Gasteiger partial charge in [-0.2, -0.15) is 5.01 Å². The van der Waals surface area contributed by atoms with Crippen LogP contribution < -0.4 is 5.73 Å². The van der Waals surface area contributed by atoms with E-state index in [0.717, 1.165) is 49.3 Å². The van der Waals surface area contributed by atoms with Gasteiger partial charge in [-0.25, -0.2) is 20.1 Å². The van der Waals surface area contributed by atoms with Crippen molar-refractivity contribution >= 4 is 11.5 Å². The van der Waals surface area contributed by atoms with Gasteiger partial charge in [0.2, 0.25) is 0 Å². The van der Waals surface area contributed by atoms with E-state index >= 15 is 0 Å². The van der Waals surface area contributed by atoms with E-state index in [0.29, 0.717) is 5.82 Å². The molecule has 0 aromatic carbocycles. The molecule has 5 rings (SSSR count). The van der Waals surface area contributed by atoms with Gasteiger partial charge in [-0.1, -0.05) is 6.42 Å². The predicted octanol–water partition coefficient (Wildman–Crippen LogP) is 2.15. The van der Waals surface area contributed by atoms with Crippen LogP contribution in [0, 0.1) is 0 Å². The van der Waals surface area contributed by atoms with Crippen molar-refractivity contribution in [3.63, 3.8) is 0 Å². The van der Waals surface area contributed by atoms with Gasteiger partial charge in [0, 0.05) is 50.3 Å². The summed E-state index contributed by atoms with van der Waals surface area (Å²) < 4.78 is 0. The van der Waals surface area contributed by atoms with Crippen LogP contribution in [0.25, 0.3) is 0 Å². The van der Waals surface area contributed by atoms with Crippen molar-refractivity contribution in [2.45, 2.75) is 38.3 Å². The molecule has 1 atom stereocenters. The molecule has 2 fully saturated rings. The molecule has 7 nitrogen and oxygen atoms in total. The maximum absolute atomic E-state index is 5.95. The molecule has 27 heavy (non-hydrogen) atoms. The molecule has 1 aliphatic carbocycles. The van der Waals surface area contributed by atoms with Crippen LogP contribution in [0.1, 0.15) is 37.8 Å². The number of anilines is 1. The Balaban J connectivity index is 1.37. The SMILES string of the molecule is CC1=NC2=CC=CN(N3CCN(C4CCC4)CC3)N2C1c1ccnc(N)c1. The maximum atomic E-state index is 5.95. The summed E-state index contributed by atoms with van der Waals surface area (Å²) in [5.41, 5.74) is 8.15. The van der Waals surface area contributed by atoms with Crippen LogP contribution in [0.4, 0.5) is 5.82 Å². The highest BCUT2D eigenvalue weighted by Gasteiger charge is 2.39. The Morgan fingerprint density at radius 2 is 1.96 bits per heavy atom. The molecule has 3 aliphatic heterocycles. The van der Waals surface area contributed by atoms with E-state index in [1.165, 1.54) is 19.3 Å². The second-order valence-corrected chi connectivity index (χ2v) is 7.78. The zero-order chi connectivity index (χ0) is 18.4. The zero-order valence-corrected chi connectivity index (χ0v) is 15.8. The lowest BCUT2D eigenvalue weighted by Crippen LogP contribution is -2.59. The van der Waals surface area contributed by atoms with Gasteiger partial charge >= 0.3 is 0 Å². The second kappa shape index (κ2) is 6.65. The average molecular weight is 365 g/mol. The molecular formula is C20H27N7. The molecule has 2 N–H and O–H groups in total. The minimum absolute atomic E-state index is 0.0520. The Labute approximate surface area is 160 Å². The number of aliphatic imine (C=N–C) groups is 1. The molecule has 0 amide bonds. The third-order valence-corrected chi connectivity index (χ3v) is 6.14. The number of nitrogens with two attached hydrogens (primary N) is 1. The fraction of sp³-hybridized carbons (Fsp3) is 0.500. The Bertz CT molecular complexity index is 802. The number of nitrogens with zero attached hydrogens (tertiary/aromatic N) is 6. The fourth-order valence-electron chi connectivity index (χ4n) is 4.50. The topological polar surface area (TPSA) is 64.2 Å². The molecule has 142 valence electrons. The van der Waals surface area contributed by atoms with Crippen molar-refractivity contribution in [3.8, 4) is 0 Å². The minimum atomic E-state index is 0.0520. The highest BCUT2D eigenvalue weighted by atomic mass is 15.9. The predicted molar refractivity (Wildman–Crippen MR) is 106 cm³/mol. The lowest BCUT2D eigenvalue weighted by atomic mass is 9.91. The minimum Gasteiger partial charge on any atom is -0.384 e. The van der Waals surface area contributed by atoms with Crippen molar-refractivity contribution < 1.29 is 0 Å². The third kappa shape index (κ3) is 2.91. The molecule has 0 radical (unpaired) electrons. The fourth-order valence-corrected chi connectivity index (χ4v) is 4.50. The summed E-state index contributed by atoms with van der Waals surface area (Å²) in [6, 6.07) is 4.87. The van der Waals surface area contributed by atoms with E-state index in [-0.39, 0.29) is 6.04 Å². The molecule has 0 spiro atoms. The zero-order valence-electron chi connectivity index (χ0n) is 15.8. The summed E-state index contributed by atoms with van der Waals surface area (Å²) in [6.45, 7) is 6.43. The highest BCUT2D eigenvalue weighted by molar-refractivity contribution is 5.91. The van der Waals surface area contributed by atoms with Crippen LogP contribution in [-0.4, -0.2) is 63.0 Å². The molecule has 1 aromatic rings. The summed E-state index contributed by atoms with van der Waals surface area (Å²) >= 11 is 0. The van der Waals surface area contributed by atoms with Gasteiger partial charge < -0.3 is 5.73 Å². The van der Waals surface area contributed by atoms with Crippen LogP contribution in [0.2, 0.25) is 0 Å². The number of fused-ring (bicyclic) bond motifs is 1. The maximum Gasteiger partial charge on any atom is 0.149 e. The van der Waals surface area contributed by atoms with Crippen molar-refractivity contribution in [3.05, 3.63) is 48.1 Å². The molecule has 1 unspecified atom stereocenters. The van der Waals surface area contributed by atoms with Crippen molar-refractivity contribution in [1.82, 2.24) is 25.0 Å². The number of allylic oxidation sites excluding steroid dienone is 2. The molecular weight excluding hydrogens is 338 g/mol. The normalized spacial score (nSPS) is 26.6. The number of pyridine rings is 1. The molecule has 4 aliphatic rings. The van der Waals surface area contributed by atoms with Gasteiger partial charge in [-0.15, -0.1) is 0 Å². The number of hydrazine groups is 2. The Morgan fingerprint density at radius 1 is 1.15 bits per heavy atom. The van der Waals surface area contributed by atoms with E-state index in [9.17, 15) is 0 Å². The van der Waals surface area contributed by atoms with Crippen LogP contribution in [-0.2, 0) is 0 Å². The van der Waals surface area contributed by atoms with Crippen LogP contribution in [0.15, 0.2) is 47.5 Å². The van der Waals surface area contributed by atoms with Crippen molar-refractivity contribution in [2.75, 3.05) is 31.9 Å². The van der Waals surface area contributed by atoms with E-state index < -0.39 is 0 Å². The summed E-state index contributed by atoms with van der Waals surface area (Å²) in [4.78, 5) is 11.6. The average Bonchev–Trinajstić information content (AvgIpc) is 2.97. The lowest BCUT2D eigenvalue weighted by Gasteiger charge is -2.49. The van der Waals surface area contributed by atoms with Gasteiger partial charge in [0.25, 0.3) is 0 Å². The van der Waals surface area contributed by atoms with E-state index in [1.807, 2.05) is 12.1 Å². The first-order chi connectivity index (χ1) is 13.2. The molecule has 1 aromatic heterocycles. The number of aromatic nitrogens is 1. The van der Waals surface area contributed by atoms with E-state index in [1.54, 1.807) is 6.20 Å². The Kier molecular flexibility index (Phi) is 4.13. The molecule has 0 bridgehead atoms. The number of hydrogen-bond donors (Lipinski definition) is 1. The van der Waals surface area contributed by atoms with Crippen LogP contribution >= 0.6 is 0 Å². The Hall–Kier alpha value is -2.38.